The minimum Gasteiger partial charge on any atom is -0.480 e. The van der Waals surface area contributed by atoms with E-state index in [-0.39, 0.29) is 0 Å². The maximum atomic E-state index is 11.9. The number of ether oxygens (including phenoxy) is 2. The summed E-state index contributed by atoms with van der Waals surface area (Å²) in [6.45, 7) is 13.4. The van der Waals surface area contributed by atoms with Crippen LogP contribution in [0.15, 0.2) is 24.5 Å². The Kier molecular flexibility index (Phi) is 5.59. The SMILES string of the molecule is COc1nn(-c2ccc(NC(=O)OC(C)(C)C)cn2)cc1B1OC(C)(C)C(C)(C)O1. The fourth-order valence-electron chi connectivity index (χ4n) is 2.80. The molecule has 9 nitrogen and oxygen atoms in total. The molecule has 0 aromatic carbocycles. The van der Waals surface area contributed by atoms with Gasteiger partial charge in [-0.05, 0) is 60.6 Å². The maximum Gasteiger partial charge on any atom is 0.502 e. The van der Waals surface area contributed by atoms with Gasteiger partial charge >= 0.3 is 13.2 Å². The lowest BCUT2D eigenvalue weighted by Gasteiger charge is -2.32. The molecule has 0 spiro atoms. The van der Waals surface area contributed by atoms with Gasteiger partial charge in [0, 0.05) is 6.20 Å². The zero-order valence-electron chi connectivity index (χ0n) is 18.8. The molecule has 1 fully saturated rings. The molecule has 0 bridgehead atoms. The van der Waals surface area contributed by atoms with Gasteiger partial charge in [0.25, 0.3) is 0 Å². The van der Waals surface area contributed by atoms with Crippen LogP contribution in [0.3, 0.4) is 0 Å². The highest BCUT2D eigenvalue weighted by molar-refractivity contribution is 6.63. The van der Waals surface area contributed by atoms with Crippen molar-refractivity contribution in [2.24, 2.45) is 0 Å². The highest BCUT2D eigenvalue weighted by atomic mass is 16.7. The molecule has 0 unspecified atom stereocenters. The number of methoxy groups -OCH3 is 1. The molecule has 0 atom stereocenters. The Bertz CT molecular complexity index is 902. The molecular formula is C20H29BN4O5. The smallest absolute Gasteiger partial charge is 0.480 e. The third-order valence-corrected chi connectivity index (χ3v) is 5.04. The van der Waals surface area contributed by atoms with Gasteiger partial charge in [0.1, 0.15) is 5.60 Å². The summed E-state index contributed by atoms with van der Waals surface area (Å²) >= 11 is 0. The molecule has 1 aliphatic heterocycles. The van der Waals surface area contributed by atoms with Crippen molar-refractivity contribution in [1.29, 1.82) is 0 Å². The minimum atomic E-state index is -0.605. The topological polar surface area (TPSA) is 96.7 Å². The van der Waals surface area contributed by atoms with E-state index in [2.05, 4.69) is 15.4 Å². The van der Waals surface area contributed by atoms with Crippen LogP contribution in [0.5, 0.6) is 5.88 Å². The van der Waals surface area contributed by atoms with Gasteiger partial charge in [-0.1, -0.05) is 0 Å². The fraction of sp³-hybridized carbons (Fsp3) is 0.550. The first-order valence-corrected chi connectivity index (χ1v) is 9.77. The number of pyridine rings is 1. The zero-order chi connectivity index (χ0) is 22.3. The Balaban J connectivity index is 1.78. The monoisotopic (exact) mass is 416 g/mol. The van der Waals surface area contributed by atoms with Crippen LogP contribution in [0.2, 0.25) is 0 Å². The van der Waals surface area contributed by atoms with Gasteiger partial charge in [-0.25, -0.2) is 14.5 Å². The number of nitrogens with zero attached hydrogens (tertiary/aromatic N) is 3. The summed E-state index contributed by atoms with van der Waals surface area (Å²) in [4.78, 5) is 16.3. The van der Waals surface area contributed by atoms with Gasteiger partial charge in [-0.2, -0.15) is 0 Å². The van der Waals surface area contributed by atoms with Crippen LogP contribution in [-0.2, 0) is 14.0 Å². The molecule has 1 aliphatic rings. The lowest BCUT2D eigenvalue weighted by atomic mass is 9.81. The number of carbonyl (C=O) groups is 1. The van der Waals surface area contributed by atoms with Crippen LogP contribution in [0.25, 0.3) is 5.82 Å². The lowest BCUT2D eigenvalue weighted by molar-refractivity contribution is 0.00578. The Hall–Kier alpha value is -2.59. The summed E-state index contributed by atoms with van der Waals surface area (Å²) in [6.07, 6.45) is 2.76. The van der Waals surface area contributed by atoms with E-state index in [9.17, 15) is 4.79 Å². The number of amides is 1. The molecule has 0 saturated carbocycles. The number of carbonyl (C=O) groups excluding carboxylic acids is 1. The Morgan fingerprint density at radius 1 is 1.17 bits per heavy atom. The van der Waals surface area contributed by atoms with Crippen LogP contribution in [0.4, 0.5) is 10.5 Å². The number of hydrogen-bond donors (Lipinski definition) is 1. The zero-order valence-corrected chi connectivity index (χ0v) is 18.8. The molecule has 30 heavy (non-hydrogen) atoms. The average Bonchev–Trinajstić information content (AvgIpc) is 3.12. The van der Waals surface area contributed by atoms with Crippen molar-refractivity contribution < 1.29 is 23.6 Å². The summed E-state index contributed by atoms with van der Waals surface area (Å²) < 4.78 is 24.5. The van der Waals surface area contributed by atoms with Crippen molar-refractivity contribution in [2.45, 2.75) is 65.3 Å². The molecule has 0 radical (unpaired) electrons. The van der Waals surface area contributed by atoms with E-state index in [4.69, 9.17) is 18.8 Å². The van der Waals surface area contributed by atoms with Crippen molar-refractivity contribution >= 4 is 24.4 Å². The maximum absolute atomic E-state index is 11.9. The number of anilines is 1. The Labute approximate surface area is 177 Å². The number of hydrogen-bond acceptors (Lipinski definition) is 7. The second-order valence-corrected chi connectivity index (χ2v) is 9.16. The van der Waals surface area contributed by atoms with E-state index >= 15 is 0 Å². The quantitative estimate of drug-likeness (QED) is 0.766. The molecule has 10 heteroatoms. The van der Waals surface area contributed by atoms with Crippen molar-refractivity contribution in [3.05, 3.63) is 24.5 Å². The van der Waals surface area contributed by atoms with Crippen LogP contribution < -0.4 is 15.5 Å². The predicted octanol–water partition coefficient (Wildman–Crippen LogP) is 2.92. The van der Waals surface area contributed by atoms with Gasteiger partial charge in [0.15, 0.2) is 5.82 Å². The predicted molar refractivity (Wildman–Crippen MR) is 113 cm³/mol. The first kappa shape index (κ1) is 22.1. The Morgan fingerprint density at radius 2 is 1.80 bits per heavy atom. The van der Waals surface area contributed by atoms with Gasteiger partial charge in [-0.3, -0.25) is 5.32 Å². The summed E-state index contributed by atoms with van der Waals surface area (Å²) in [6, 6.07) is 3.45. The first-order chi connectivity index (χ1) is 13.8. The average molecular weight is 416 g/mol. The normalized spacial score (nSPS) is 17.7. The van der Waals surface area contributed by atoms with Crippen molar-refractivity contribution in [1.82, 2.24) is 14.8 Å². The molecule has 162 valence electrons. The molecular weight excluding hydrogens is 387 g/mol. The standard InChI is InChI=1S/C20H29BN4O5/c1-18(2,3)28-17(26)23-13-9-10-15(22-11-13)25-12-14(16(24-25)27-8)21-29-19(4,5)20(6,7)30-21/h9-12H,1-8H3,(H,23,26). The summed E-state index contributed by atoms with van der Waals surface area (Å²) in [7, 11) is 0.940. The second kappa shape index (κ2) is 7.59. The molecule has 2 aromatic heterocycles. The van der Waals surface area contributed by atoms with Crippen molar-refractivity contribution in [3.63, 3.8) is 0 Å². The Morgan fingerprint density at radius 3 is 2.30 bits per heavy atom. The molecule has 0 aliphatic carbocycles. The summed E-state index contributed by atoms with van der Waals surface area (Å²) in [5, 5.41) is 7.09. The van der Waals surface area contributed by atoms with Gasteiger partial charge in [-0.15, -0.1) is 5.10 Å². The highest BCUT2D eigenvalue weighted by Crippen LogP contribution is 2.37. The van der Waals surface area contributed by atoms with Crippen LogP contribution >= 0.6 is 0 Å². The van der Waals surface area contributed by atoms with Crippen molar-refractivity contribution in [2.75, 3.05) is 12.4 Å². The van der Waals surface area contributed by atoms with E-state index < -0.39 is 30.0 Å². The minimum absolute atomic E-state index is 0.395. The number of nitrogens with one attached hydrogen (secondary N) is 1. The molecule has 2 aromatic rings. The second-order valence-electron chi connectivity index (χ2n) is 9.16. The van der Waals surface area contributed by atoms with Crippen LogP contribution in [0.1, 0.15) is 48.5 Å². The largest absolute Gasteiger partial charge is 0.502 e. The van der Waals surface area contributed by atoms with E-state index in [1.807, 2.05) is 27.7 Å². The molecule has 3 rings (SSSR count). The molecule has 3 heterocycles. The highest BCUT2D eigenvalue weighted by Gasteiger charge is 2.53. The van der Waals surface area contributed by atoms with E-state index in [0.29, 0.717) is 22.8 Å². The molecule has 1 N–H and O–H groups in total. The third kappa shape index (κ3) is 4.60. The molecule has 1 saturated heterocycles. The van der Waals surface area contributed by atoms with Crippen molar-refractivity contribution in [3.8, 4) is 11.7 Å². The fourth-order valence-corrected chi connectivity index (χ4v) is 2.80. The van der Waals surface area contributed by atoms with Crippen LogP contribution in [0, 0.1) is 0 Å². The number of rotatable bonds is 4. The lowest BCUT2D eigenvalue weighted by Crippen LogP contribution is -2.41. The van der Waals surface area contributed by atoms with E-state index in [1.54, 1.807) is 50.9 Å². The third-order valence-electron chi connectivity index (χ3n) is 5.04. The number of aromatic nitrogens is 3. The van der Waals surface area contributed by atoms with Gasteiger partial charge in [0.05, 0.1) is 35.7 Å². The van der Waals surface area contributed by atoms with Crippen LogP contribution in [-0.4, -0.2) is 51.9 Å². The summed E-state index contributed by atoms with van der Waals surface area (Å²) in [5.41, 5.74) is -0.338. The molecule has 1 amide bonds. The van der Waals surface area contributed by atoms with Gasteiger partial charge in [0.2, 0.25) is 5.88 Å². The van der Waals surface area contributed by atoms with E-state index in [0.717, 1.165) is 0 Å². The first-order valence-electron chi connectivity index (χ1n) is 9.77. The summed E-state index contributed by atoms with van der Waals surface area (Å²) in [5.74, 6) is 0.942. The van der Waals surface area contributed by atoms with Gasteiger partial charge < -0.3 is 18.8 Å². The van der Waals surface area contributed by atoms with E-state index in [1.165, 1.54) is 6.20 Å².